The van der Waals surface area contributed by atoms with Crippen molar-refractivity contribution in [3.05, 3.63) is 80.1 Å². The third-order valence-electron chi connectivity index (χ3n) is 3.48. The number of nitro groups is 1. The highest BCUT2D eigenvalue weighted by atomic mass is 16.6. The molecule has 8 heteroatoms. The molecule has 0 radical (unpaired) electrons. The third-order valence-corrected chi connectivity index (χ3v) is 3.48. The number of aromatic amines is 1. The number of aromatic nitrogens is 2. The van der Waals surface area contributed by atoms with Gasteiger partial charge in [-0.05, 0) is 31.2 Å². The highest BCUT2D eigenvalue weighted by Crippen LogP contribution is 2.14. The summed E-state index contributed by atoms with van der Waals surface area (Å²) in [6, 6.07) is 9.30. The van der Waals surface area contributed by atoms with E-state index in [1.165, 1.54) is 35.2 Å². The van der Waals surface area contributed by atoms with Crippen LogP contribution >= 0.6 is 0 Å². The lowest BCUT2D eigenvalue weighted by Crippen LogP contribution is -2.17. The maximum absolute atomic E-state index is 12.5. The van der Waals surface area contributed by atoms with Crippen molar-refractivity contribution >= 4 is 11.9 Å². The molecule has 0 unspecified atom stereocenters. The van der Waals surface area contributed by atoms with Gasteiger partial charge in [-0.25, -0.2) is 4.68 Å². The van der Waals surface area contributed by atoms with Crippen LogP contribution in [0.5, 0.6) is 0 Å². The zero-order valence-electron chi connectivity index (χ0n) is 12.8. The summed E-state index contributed by atoms with van der Waals surface area (Å²) in [5, 5.41) is 13.6. The van der Waals surface area contributed by atoms with Crippen molar-refractivity contribution in [2.24, 2.45) is 4.99 Å². The summed E-state index contributed by atoms with van der Waals surface area (Å²) in [5.41, 5.74) is 1.29. The summed E-state index contributed by atoms with van der Waals surface area (Å²) in [4.78, 5) is 26.9. The third kappa shape index (κ3) is 3.02. The zero-order chi connectivity index (χ0) is 17.1. The molecule has 0 aliphatic rings. The molecule has 24 heavy (non-hydrogen) atoms. The Labute approximate surface area is 136 Å². The van der Waals surface area contributed by atoms with Gasteiger partial charge in [-0.15, -0.1) is 0 Å². The van der Waals surface area contributed by atoms with Crippen LogP contribution in [-0.2, 0) is 6.54 Å². The van der Waals surface area contributed by atoms with Crippen LogP contribution in [0.3, 0.4) is 0 Å². The first-order chi connectivity index (χ1) is 11.6. The van der Waals surface area contributed by atoms with Crippen LogP contribution in [0.4, 0.5) is 5.69 Å². The van der Waals surface area contributed by atoms with Gasteiger partial charge in [0.15, 0.2) is 0 Å². The maximum atomic E-state index is 12.5. The number of benzene rings is 1. The predicted molar refractivity (Wildman–Crippen MR) is 87.8 cm³/mol. The van der Waals surface area contributed by atoms with E-state index in [4.69, 9.17) is 4.42 Å². The lowest BCUT2D eigenvalue weighted by atomic mass is 10.2. The molecular weight excluding hydrogens is 312 g/mol. The Morgan fingerprint density at radius 1 is 1.33 bits per heavy atom. The minimum atomic E-state index is -0.487. The van der Waals surface area contributed by atoms with E-state index in [0.29, 0.717) is 29.2 Å². The van der Waals surface area contributed by atoms with E-state index in [1.54, 1.807) is 25.3 Å². The highest BCUT2D eigenvalue weighted by molar-refractivity contribution is 5.80. The van der Waals surface area contributed by atoms with E-state index < -0.39 is 4.92 Å². The number of furan rings is 1. The quantitative estimate of drug-likeness (QED) is 0.442. The van der Waals surface area contributed by atoms with Crippen molar-refractivity contribution in [1.82, 2.24) is 9.78 Å². The monoisotopic (exact) mass is 326 g/mol. The number of nitrogens with one attached hydrogen (secondary N) is 1. The van der Waals surface area contributed by atoms with Gasteiger partial charge in [0.05, 0.1) is 29.0 Å². The summed E-state index contributed by atoms with van der Waals surface area (Å²) in [6.07, 6.45) is 3.06. The van der Waals surface area contributed by atoms with Crippen LogP contribution in [0.2, 0.25) is 0 Å². The van der Waals surface area contributed by atoms with Crippen LogP contribution in [0.1, 0.15) is 17.0 Å². The summed E-state index contributed by atoms with van der Waals surface area (Å²) < 4.78 is 6.50. The molecule has 0 amide bonds. The molecule has 0 atom stereocenters. The number of non-ortho nitro benzene ring substituents is 1. The standard InChI is InChI=1S/C16H14N4O4/c1-11-15(10-17-9-14-3-2-8-24-14)16(21)19(18-11)12-4-6-13(7-5-12)20(22)23/h2-8,10,18H,9H2,1H3. The average Bonchev–Trinajstić information content (AvgIpc) is 3.18. The Morgan fingerprint density at radius 2 is 2.08 bits per heavy atom. The molecule has 0 spiro atoms. The van der Waals surface area contributed by atoms with Gasteiger partial charge in [0.1, 0.15) is 5.76 Å². The zero-order valence-corrected chi connectivity index (χ0v) is 12.8. The number of hydrogen-bond donors (Lipinski definition) is 1. The number of nitro benzene ring substituents is 1. The second-order valence-corrected chi connectivity index (χ2v) is 5.11. The summed E-state index contributed by atoms with van der Waals surface area (Å²) >= 11 is 0. The second kappa shape index (κ2) is 6.37. The minimum Gasteiger partial charge on any atom is -0.467 e. The highest BCUT2D eigenvalue weighted by Gasteiger charge is 2.12. The SMILES string of the molecule is Cc1[nH]n(-c2ccc([N+](=O)[O-])cc2)c(=O)c1C=NCc1ccco1. The van der Waals surface area contributed by atoms with Gasteiger partial charge in [0, 0.05) is 24.0 Å². The number of rotatable bonds is 5. The predicted octanol–water partition coefficient (Wildman–Crippen LogP) is 2.59. The minimum absolute atomic E-state index is 0.0321. The average molecular weight is 326 g/mol. The molecule has 2 heterocycles. The first-order valence-electron chi connectivity index (χ1n) is 7.15. The maximum Gasteiger partial charge on any atom is 0.280 e. The summed E-state index contributed by atoms with van der Waals surface area (Å²) in [7, 11) is 0. The molecule has 8 nitrogen and oxygen atoms in total. The molecule has 0 fully saturated rings. The molecule has 3 aromatic rings. The van der Waals surface area contributed by atoms with Crippen molar-refractivity contribution in [2.45, 2.75) is 13.5 Å². The fourth-order valence-corrected chi connectivity index (χ4v) is 2.25. The van der Waals surface area contributed by atoms with E-state index in [2.05, 4.69) is 10.1 Å². The second-order valence-electron chi connectivity index (χ2n) is 5.11. The van der Waals surface area contributed by atoms with Crippen LogP contribution in [0.15, 0.2) is 56.9 Å². The lowest BCUT2D eigenvalue weighted by molar-refractivity contribution is -0.384. The van der Waals surface area contributed by atoms with Crippen LogP contribution in [-0.4, -0.2) is 20.9 Å². The Balaban J connectivity index is 1.87. The topological polar surface area (TPSA) is 106 Å². The number of hydrogen-bond acceptors (Lipinski definition) is 5. The lowest BCUT2D eigenvalue weighted by Gasteiger charge is -2.00. The van der Waals surface area contributed by atoms with Crippen molar-refractivity contribution in [1.29, 1.82) is 0 Å². The van der Waals surface area contributed by atoms with Crippen molar-refractivity contribution in [2.75, 3.05) is 0 Å². The van der Waals surface area contributed by atoms with Crippen LogP contribution < -0.4 is 5.56 Å². The normalized spacial score (nSPS) is 11.2. The molecule has 0 aliphatic heterocycles. The molecule has 0 saturated heterocycles. The Hall–Kier alpha value is -3.42. The smallest absolute Gasteiger partial charge is 0.280 e. The molecule has 0 aliphatic carbocycles. The molecule has 122 valence electrons. The number of aliphatic imine (C=N–C) groups is 1. The number of aryl methyl sites for hydroxylation is 1. The van der Waals surface area contributed by atoms with Crippen LogP contribution in [0, 0.1) is 17.0 Å². The molecular formula is C16H14N4O4. The van der Waals surface area contributed by atoms with E-state index >= 15 is 0 Å². The Morgan fingerprint density at radius 3 is 2.71 bits per heavy atom. The van der Waals surface area contributed by atoms with E-state index in [0.717, 1.165) is 0 Å². The van der Waals surface area contributed by atoms with Crippen molar-refractivity contribution in [3.8, 4) is 5.69 Å². The Kier molecular flexibility index (Phi) is 4.11. The van der Waals surface area contributed by atoms with Gasteiger partial charge in [-0.1, -0.05) is 0 Å². The largest absolute Gasteiger partial charge is 0.467 e. The molecule has 1 aromatic carbocycles. The Bertz CT molecular complexity index is 934. The van der Waals surface area contributed by atoms with E-state index in [1.807, 2.05) is 0 Å². The molecule has 2 aromatic heterocycles. The van der Waals surface area contributed by atoms with Gasteiger partial charge in [-0.2, -0.15) is 0 Å². The first-order valence-corrected chi connectivity index (χ1v) is 7.15. The van der Waals surface area contributed by atoms with Crippen molar-refractivity contribution in [3.63, 3.8) is 0 Å². The summed E-state index contributed by atoms with van der Waals surface area (Å²) in [5.74, 6) is 0.704. The first kappa shape index (κ1) is 15.5. The van der Waals surface area contributed by atoms with Gasteiger partial charge >= 0.3 is 0 Å². The van der Waals surface area contributed by atoms with Gasteiger partial charge in [0.2, 0.25) is 0 Å². The fraction of sp³-hybridized carbons (Fsp3) is 0.125. The van der Waals surface area contributed by atoms with Crippen LogP contribution in [0.25, 0.3) is 5.69 Å². The molecule has 1 N–H and O–H groups in total. The molecule has 3 rings (SSSR count). The fourth-order valence-electron chi connectivity index (χ4n) is 2.25. The van der Waals surface area contributed by atoms with Gasteiger partial charge in [0.25, 0.3) is 11.2 Å². The molecule has 0 saturated carbocycles. The summed E-state index contributed by atoms with van der Waals surface area (Å²) in [6.45, 7) is 2.10. The van der Waals surface area contributed by atoms with Gasteiger partial charge in [-0.3, -0.25) is 25.0 Å². The number of nitrogens with zero attached hydrogens (tertiary/aromatic N) is 3. The van der Waals surface area contributed by atoms with Gasteiger partial charge < -0.3 is 4.42 Å². The van der Waals surface area contributed by atoms with Crippen molar-refractivity contribution < 1.29 is 9.34 Å². The number of H-pyrrole nitrogens is 1. The van der Waals surface area contributed by atoms with E-state index in [-0.39, 0.29) is 11.2 Å². The van der Waals surface area contributed by atoms with E-state index in [9.17, 15) is 14.9 Å². The molecule has 0 bridgehead atoms.